The maximum Gasteiger partial charge on any atom is 0.282 e. The van der Waals surface area contributed by atoms with Gasteiger partial charge in [-0.1, -0.05) is 6.07 Å². The van der Waals surface area contributed by atoms with E-state index in [-0.39, 0.29) is 36.1 Å². The van der Waals surface area contributed by atoms with Gasteiger partial charge >= 0.3 is 0 Å². The molecule has 1 aromatic rings. The second-order valence-corrected chi connectivity index (χ2v) is 5.91. The van der Waals surface area contributed by atoms with Crippen LogP contribution in [0.1, 0.15) is 40.0 Å². The van der Waals surface area contributed by atoms with Crippen molar-refractivity contribution in [2.75, 3.05) is 19.7 Å². The number of nitro groups is 1. The minimum atomic E-state index is -0.737. The summed E-state index contributed by atoms with van der Waals surface area (Å²) < 4.78 is 5.40. The largest absolute Gasteiger partial charge is 0.376 e. The highest BCUT2D eigenvalue weighted by Gasteiger charge is 2.40. The molecule has 132 valence electrons. The van der Waals surface area contributed by atoms with Crippen molar-refractivity contribution in [2.45, 2.75) is 25.4 Å². The third kappa shape index (κ3) is 3.36. The lowest BCUT2D eigenvalue weighted by Gasteiger charge is -2.14. The summed E-state index contributed by atoms with van der Waals surface area (Å²) in [6.45, 7) is 0.960. The zero-order chi connectivity index (χ0) is 18.0. The maximum absolute atomic E-state index is 12.4. The van der Waals surface area contributed by atoms with Crippen molar-refractivity contribution in [1.82, 2.24) is 10.2 Å². The Labute approximate surface area is 143 Å². The molecule has 9 heteroatoms. The minimum absolute atomic E-state index is 0.000959. The lowest BCUT2D eigenvalue weighted by Crippen LogP contribution is -2.36. The smallest absolute Gasteiger partial charge is 0.282 e. The predicted octanol–water partition coefficient (Wildman–Crippen LogP) is 0.876. The number of imide groups is 1. The molecule has 0 saturated carbocycles. The van der Waals surface area contributed by atoms with Crippen molar-refractivity contribution in [2.24, 2.45) is 0 Å². The molecule has 1 N–H and O–H groups in total. The number of ether oxygens (including phenoxy) is 1. The van der Waals surface area contributed by atoms with E-state index in [1.807, 2.05) is 0 Å². The van der Waals surface area contributed by atoms with Gasteiger partial charge in [0.2, 0.25) is 5.91 Å². The molecule has 3 rings (SSSR count). The van der Waals surface area contributed by atoms with Crippen LogP contribution < -0.4 is 5.32 Å². The van der Waals surface area contributed by atoms with E-state index < -0.39 is 22.4 Å². The Bertz CT molecular complexity index is 741. The van der Waals surface area contributed by atoms with Crippen LogP contribution in [-0.4, -0.2) is 53.3 Å². The Morgan fingerprint density at radius 3 is 2.84 bits per heavy atom. The van der Waals surface area contributed by atoms with Crippen LogP contribution in [0.3, 0.4) is 0 Å². The fraction of sp³-hybridized carbons (Fsp3) is 0.438. The number of nitrogens with one attached hydrogen (secondary N) is 1. The highest BCUT2D eigenvalue weighted by atomic mass is 16.6. The summed E-state index contributed by atoms with van der Waals surface area (Å²) >= 11 is 0. The first-order valence-corrected chi connectivity index (χ1v) is 8.01. The Hall–Kier alpha value is -2.81. The highest BCUT2D eigenvalue weighted by Crippen LogP contribution is 2.30. The average molecular weight is 347 g/mol. The van der Waals surface area contributed by atoms with Gasteiger partial charge in [0.1, 0.15) is 5.56 Å². The molecule has 0 radical (unpaired) electrons. The molecule has 9 nitrogen and oxygen atoms in total. The van der Waals surface area contributed by atoms with E-state index in [0.29, 0.717) is 13.2 Å². The van der Waals surface area contributed by atoms with Gasteiger partial charge < -0.3 is 10.1 Å². The van der Waals surface area contributed by atoms with Gasteiger partial charge in [-0.25, -0.2) is 0 Å². The number of nitro benzene ring substituents is 1. The number of nitrogens with zero attached hydrogens (tertiary/aromatic N) is 2. The molecule has 0 spiro atoms. The summed E-state index contributed by atoms with van der Waals surface area (Å²) in [6, 6.07) is 3.92. The number of hydrogen-bond acceptors (Lipinski definition) is 6. The standard InChI is InChI=1S/C16H17N3O6/c20-13(17-9-10-3-2-8-25-10)6-7-18-15(21)11-4-1-5-12(19(23)24)14(11)16(18)22/h1,4-5,10H,2-3,6-9H2,(H,17,20)/t10-/m1/s1. The van der Waals surface area contributed by atoms with Crippen LogP contribution in [0.5, 0.6) is 0 Å². The Kier molecular flexibility index (Phi) is 4.75. The summed E-state index contributed by atoms with van der Waals surface area (Å²) in [6.07, 6.45) is 1.80. The molecule has 0 aromatic heterocycles. The maximum atomic E-state index is 12.4. The summed E-state index contributed by atoms with van der Waals surface area (Å²) in [7, 11) is 0. The van der Waals surface area contributed by atoms with Crippen LogP contribution in [0.2, 0.25) is 0 Å². The number of rotatable bonds is 6. The zero-order valence-corrected chi connectivity index (χ0v) is 13.4. The van der Waals surface area contributed by atoms with Crippen molar-refractivity contribution in [3.63, 3.8) is 0 Å². The van der Waals surface area contributed by atoms with Crippen LogP contribution >= 0.6 is 0 Å². The van der Waals surface area contributed by atoms with E-state index in [9.17, 15) is 24.5 Å². The van der Waals surface area contributed by atoms with Crippen LogP contribution in [0.15, 0.2) is 18.2 Å². The van der Waals surface area contributed by atoms with Gasteiger partial charge in [-0.3, -0.25) is 29.4 Å². The zero-order valence-electron chi connectivity index (χ0n) is 13.4. The van der Waals surface area contributed by atoms with Gasteiger partial charge in [-0.05, 0) is 18.9 Å². The van der Waals surface area contributed by atoms with E-state index in [0.717, 1.165) is 17.7 Å². The van der Waals surface area contributed by atoms with Crippen LogP contribution in [0.4, 0.5) is 5.69 Å². The fourth-order valence-corrected chi connectivity index (χ4v) is 3.01. The molecule has 2 heterocycles. The summed E-state index contributed by atoms with van der Waals surface area (Å²) in [5.74, 6) is -1.66. The third-order valence-corrected chi connectivity index (χ3v) is 4.29. The molecule has 0 unspecified atom stereocenters. The normalized spacial score (nSPS) is 19.2. The SMILES string of the molecule is O=C(CCN1C(=O)c2cccc([N+](=O)[O-])c2C1=O)NC[C@H]1CCCO1. The predicted molar refractivity (Wildman–Crippen MR) is 85.1 cm³/mol. The number of carbonyl (C=O) groups is 3. The molecule has 2 aliphatic heterocycles. The quantitative estimate of drug-likeness (QED) is 0.463. The highest BCUT2D eigenvalue weighted by molar-refractivity contribution is 6.23. The van der Waals surface area contributed by atoms with Gasteiger partial charge in [0.05, 0.1) is 16.6 Å². The van der Waals surface area contributed by atoms with Crippen molar-refractivity contribution >= 4 is 23.4 Å². The first kappa shape index (κ1) is 17.0. The van der Waals surface area contributed by atoms with E-state index in [1.165, 1.54) is 18.2 Å². The second kappa shape index (κ2) is 6.98. The van der Waals surface area contributed by atoms with Crippen molar-refractivity contribution in [3.8, 4) is 0 Å². The Morgan fingerprint density at radius 2 is 2.16 bits per heavy atom. The first-order valence-electron chi connectivity index (χ1n) is 8.01. The van der Waals surface area contributed by atoms with Crippen molar-refractivity contribution in [3.05, 3.63) is 39.4 Å². The lowest BCUT2D eigenvalue weighted by molar-refractivity contribution is -0.385. The minimum Gasteiger partial charge on any atom is -0.376 e. The monoisotopic (exact) mass is 347 g/mol. The second-order valence-electron chi connectivity index (χ2n) is 5.91. The van der Waals surface area contributed by atoms with E-state index in [2.05, 4.69) is 5.32 Å². The van der Waals surface area contributed by atoms with Crippen LogP contribution in [0, 0.1) is 10.1 Å². The van der Waals surface area contributed by atoms with Gasteiger partial charge in [0.25, 0.3) is 17.5 Å². The summed E-state index contributed by atoms with van der Waals surface area (Å²) in [5.41, 5.74) is -0.614. The molecule has 1 atom stereocenters. The molecule has 1 aromatic carbocycles. The molecular weight excluding hydrogens is 330 g/mol. The molecule has 25 heavy (non-hydrogen) atoms. The number of carbonyl (C=O) groups excluding carboxylic acids is 3. The topological polar surface area (TPSA) is 119 Å². The molecular formula is C16H17N3O6. The number of fused-ring (bicyclic) bond motifs is 1. The van der Waals surface area contributed by atoms with Crippen molar-refractivity contribution in [1.29, 1.82) is 0 Å². The Balaban J connectivity index is 1.61. The van der Waals surface area contributed by atoms with Gasteiger partial charge in [0.15, 0.2) is 0 Å². The molecule has 1 saturated heterocycles. The third-order valence-electron chi connectivity index (χ3n) is 4.29. The number of hydrogen-bond donors (Lipinski definition) is 1. The molecule has 0 bridgehead atoms. The molecule has 0 aliphatic carbocycles. The number of amides is 3. The molecule has 3 amide bonds. The van der Waals surface area contributed by atoms with Crippen LogP contribution in [-0.2, 0) is 9.53 Å². The van der Waals surface area contributed by atoms with E-state index in [1.54, 1.807) is 0 Å². The fourth-order valence-electron chi connectivity index (χ4n) is 3.01. The summed E-state index contributed by atoms with van der Waals surface area (Å²) in [5, 5.41) is 13.8. The molecule has 2 aliphatic rings. The summed E-state index contributed by atoms with van der Waals surface area (Å²) in [4.78, 5) is 47.8. The van der Waals surface area contributed by atoms with E-state index >= 15 is 0 Å². The molecule has 1 fully saturated rings. The van der Waals surface area contributed by atoms with Crippen LogP contribution in [0.25, 0.3) is 0 Å². The van der Waals surface area contributed by atoms with Gasteiger partial charge in [-0.2, -0.15) is 0 Å². The Morgan fingerprint density at radius 1 is 1.36 bits per heavy atom. The lowest BCUT2D eigenvalue weighted by atomic mass is 10.1. The van der Waals surface area contributed by atoms with E-state index in [4.69, 9.17) is 4.74 Å². The van der Waals surface area contributed by atoms with Crippen molar-refractivity contribution < 1.29 is 24.0 Å². The average Bonchev–Trinajstić information content (AvgIpc) is 3.19. The first-order chi connectivity index (χ1) is 12.0. The van der Waals surface area contributed by atoms with Gasteiger partial charge in [-0.15, -0.1) is 0 Å². The number of benzene rings is 1. The van der Waals surface area contributed by atoms with Gasteiger partial charge in [0, 0.05) is 32.2 Å².